The van der Waals surface area contributed by atoms with Gasteiger partial charge in [0.05, 0.1) is 5.02 Å². The summed E-state index contributed by atoms with van der Waals surface area (Å²) in [6, 6.07) is 9.58. The summed E-state index contributed by atoms with van der Waals surface area (Å²) in [7, 11) is 0. The third kappa shape index (κ3) is 3.69. The first-order valence-corrected chi connectivity index (χ1v) is 8.19. The van der Waals surface area contributed by atoms with Gasteiger partial charge in [-0.3, -0.25) is 5.41 Å². The number of nitrogens with two attached hydrogens (primary N) is 1. The Labute approximate surface area is 131 Å². The molecule has 1 heterocycles. The van der Waals surface area contributed by atoms with Crippen molar-refractivity contribution < 1.29 is 0 Å². The summed E-state index contributed by atoms with van der Waals surface area (Å²) >= 11 is 9.00. The second-order valence-electron chi connectivity index (χ2n) is 3.89. The fraction of sp³-hybridized carbons (Fsp3) is 0.143. The second kappa shape index (κ2) is 7.02. The summed E-state index contributed by atoms with van der Waals surface area (Å²) in [6.07, 6.45) is 1.61. The Morgan fingerprint density at radius 1 is 1.30 bits per heavy atom. The van der Waals surface area contributed by atoms with Crippen LogP contribution < -0.4 is 5.73 Å². The minimum absolute atomic E-state index is 0.0815. The average Bonchev–Trinajstić information content (AvgIpc) is 2.41. The molecule has 1 aromatic heterocycles. The lowest BCUT2D eigenvalue weighted by atomic mass is 10.2. The summed E-state index contributed by atoms with van der Waals surface area (Å²) in [5, 5.41) is 9.24. The van der Waals surface area contributed by atoms with E-state index in [9.17, 15) is 0 Å². The molecule has 2 aromatic rings. The maximum absolute atomic E-state index is 7.81. The van der Waals surface area contributed by atoms with Gasteiger partial charge in [-0.15, -0.1) is 11.8 Å². The fourth-order valence-electron chi connectivity index (χ4n) is 1.67. The number of rotatable bonds is 5. The van der Waals surface area contributed by atoms with Crippen LogP contribution in [0.3, 0.4) is 0 Å². The van der Waals surface area contributed by atoms with Gasteiger partial charge in [0.2, 0.25) is 0 Å². The van der Waals surface area contributed by atoms with Crippen LogP contribution >= 0.6 is 35.1 Å². The lowest BCUT2D eigenvalue weighted by Gasteiger charge is -2.12. The summed E-state index contributed by atoms with van der Waals surface area (Å²) < 4.78 is 0. The molecule has 0 unspecified atom stereocenters. The molecule has 0 fully saturated rings. The van der Waals surface area contributed by atoms with E-state index < -0.39 is 0 Å². The highest BCUT2D eigenvalue weighted by Gasteiger charge is 2.13. The Morgan fingerprint density at radius 2 is 2.05 bits per heavy atom. The van der Waals surface area contributed by atoms with E-state index in [1.807, 2.05) is 24.3 Å². The molecule has 0 spiro atoms. The van der Waals surface area contributed by atoms with Gasteiger partial charge in [0, 0.05) is 21.6 Å². The van der Waals surface area contributed by atoms with Gasteiger partial charge < -0.3 is 5.73 Å². The molecule has 6 heteroatoms. The molecule has 3 N–H and O–H groups in total. The van der Waals surface area contributed by atoms with Crippen LogP contribution in [-0.4, -0.2) is 16.6 Å². The zero-order valence-corrected chi connectivity index (χ0v) is 13.3. The van der Waals surface area contributed by atoms with E-state index in [0.29, 0.717) is 5.02 Å². The van der Waals surface area contributed by atoms with Gasteiger partial charge in [0.1, 0.15) is 10.9 Å². The van der Waals surface area contributed by atoms with Crippen molar-refractivity contribution in [1.82, 2.24) is 4.98 Å². The predicted molar refractivity (Wildman–Crippen MR) is 87.2 cm³/mol. The number of halogens is 1. The van der Waals surface area contributed by atoms with Crippen LogP contribution in [0.1, 0.15) is 12.5 Å². The standard InChI is InChI=1S/C14H14ClN3S2/c1-2-19-10-4-3-5-11(13(10)14(16)17)20-12-7-6-9(15)8-18-12/h3-8H,2H2,1H3,(H3,16,17). The van der Waals surface area contributed by atoms with Gasteiger partial charge in [0.25, 0.3) is 0 Å². The molecular formula is C14H14ClN3S2. The first kappa shape index (κ1) is 15.2. The van der Waals surface area contributed by atoms with E-state index in [4.69, 9.17) is 22.7 Å². The van der Waals surface area contributed by atoms with Crippen LogP contribution in [-0.2, 0) is 0 Å². The number of amidine groups is 1. The molecule has 0 radical (unpaired) electrons. The van der Waals surface area contributed by atoms with Crippen molar-refractivity contribution in [3.05, 3.63) is 47.1 Å². The fourth-order valence-corrected chi connectivity index (χ4v) is 3.63. The third-order valence-electron chi connectivity index (χ3n) is 2.47. The summed E-state index contributed by atoms with van der Waals surface area (Å²) in [6.45, 7) is 2.08. The molecule has 0 saturated heterocycles. The Morgan fingerprint density at radius 3 is 2.65 bits per heavy atom. The lowest BCUT2D eigenvalue weighted by Crippen LogP contribution is -2.13. The molecule has 0 amide bonds. The molecular weight excluding hydrogens is 310 g/mol. The van der Waals surface area contributed by atoms with Crippen LogP contribution in [0.15, 0.2) is 51.3 Å². The first-order valence-electron chi connectivity index (χ1n) is 6.01. The molecule has 1 aromatic carbocycles. The Balaban J connectivity index is 2.37. The van der Waals surface area contributed by atoms with Crippen LogP contribution in [0, 0.1) is 5.41 Å². The zero-order chi connectivity index (χ0) is 14.5. The van der Waals surface area contributed by atoms with Crippen molar-refractivity contribution in [2.75, 3.05) is 5.75 Å². The number of nitrogen functional groups attached to an aromatic ring is 1. The summed E-state index contributed by atoms with van der Waals surface area (Å²) in [5.74, 6) is 1.02. The number of nitrogens with one attached hydrogen (secondary N) is 1. The SMILES string of the molecule is CCSc1cccc(Sc2ccc(Cl)cn2)c1C(=N)N. The first-order chi connectivity index (χ1) is 9.61. The van der Waals surface area contributed by atoms with Crippen molar-refractivity contribution in [2.24, 2.45) is 5.73 Å². The van der Waals surface area contributed by atoms with Gasteiger partial charge in [-0.05, 0) is 30.0 Å². The second-order valence-corrected chi connectivity index (χ2v) is 6.70. The molecule has 104 valence electrons. The predicted octanol–water partition coefficient (Wildman–Crippen LogP) is 4.28. The van der Waals surface area contributed by atoms with Gasteiger partial charge in [-0.25, -0.2) is 4.98 Å². The molecule has 20 heavy (non-hydrogen) atoms. The van der Waals surface area contributed by atoms with Crippen LogP contribution in [0.2, 0.25) is 5.02 Å². The van der Waals surface area contributed by atoms with Gasteiger partial charge >= 0.3 is 0 Å². The van der Waals surface area contributed by atoms with Crippen LogP contribution in [0.25, 0.3) is 0 Å². The van der Waals surface area contributed by atoms with E-state index in [2.05, 4.69) is 11.9 Å². The van der Waals surface area contributed by atoms with E-state index >= 15 is 0 Å². The average molecular weight is 324 g/mol. The molecule has 0 aliphatic heterocycles. The highest BCUT2D eigenvalue weighted by Crippen LogP contribution is 2.34. The van der Waals surface area contributed by atoms with Gasteiger partial charge in [-0.1, -0.05) is 36.4 Å². The minimum Gasteiger partial charge on any atom is -0.384 e. The molecule has 0 saturated carbocycles. The van der Waals surface area contributed by atoms with Crippen molar-refractivity contribution in [2.45, 2.75) is 21.7 Å². The highest BCUT2D eigenvalue weighted by molar-refractivity contribution is 8.00. The van der Waals surface area contributed by atoms with E-state index in [0.717, 1.165) is 26.1 Å². The number of hydrogen-bond donors (Lipinski definition) is 2. The number of benzene rings is 1. The zero-order valence-electron chi connectivity index (χ0n) is 10.9. The van der Waals surface area contributed by atoms with Crippen LogP contribution in [0.5, 0.6) is 0 Å². The van der Waals surface area contributed by atoms with Crippen molar-refractivity contribution in [3.63, 3.8) is 0 Å². The quantitative estimate of drug-likeness (QED) is 0.489. The molecule has 0 aliphatic rings. The van der Waals surface area contributed by atoms with Gasteiger partial charge in [-0.2, -0.15) is 0 Å². The molecule has 3 nitrogen and oxygen atoms in total. The Bertz CT molecular complexity index is 614. The number of hydrogen-bond acceptors (Lipinski definition) is 4. The largest absolute Gasteiger partial charge is 0.384 e. The van der Waals surface area contributed by atoms with Crippen LogP contribution in [0.4, 0.5) is 0 Å². The molecule has 0 aliphatic carbocycles. The molecule has 2 rings (SSSR count). The number of thioether (sulfide) groups is 1. The topological polar surface area (TPSA) is 62.8 Å². The summed E-state index contributed by atoms with van der Waals surface area (Å²) in [5.41, 5.74) is 6.52. The Kier molecular flexibility index (Phi) is 5.34. The minimum atomic E-state index is 0.0815. The highest BCUT2D eigenvalue weighted by atomic mass is 35.5. The number of nitrogens with zero attached hydrogens (tertiary/aromatic N) is 1. The van der Waals surface area contributed by atoms with E-state index in [-0.39, 0.29) is 5.84 Å². The summed E-state index contributed by atoms with van der Waals surface area (Å²) in [4.78, 5) is 6.23. The van der Waals surface area contributed by atoms with E-state index in [1.54, 1.807) is 24.0 Å². The van der Waals surface area contributed by atoms with Crippen molar-refractivity contribution in [1.29, 1.82) is 5.41 Å². The molecule has 0 bridgehead atoms. The van der Waals surface area contributed by atoms with Crippen molar-refractivity contribution >= 4 is 41.0 Å². The maximum Gasteiger partial charge on any atom is 0.125 e. The van der Waals surface area contributed by atoms with Gasteiger partial charge in [0.15, 0.2) is 0 Å². The maximum atomic E-state index is 7.81. The smallest absolute Gasteiger partial charge is 0.125 e. The van der Waals surface area contributed by atoms with E-state index in [1.165, 1.54) is 11.8 Å². The number of pyridine rings is 1. The normalized spacial score (nSPS) is 10.5. The monoisotopic (exact) mass is 323 g/mol. The number of aromatic nitrogens is 1. The lowest BCUT2D eigenvalue weighted by molar-refractivity contribution is 1.13. The molecule has 0 atom stereocenters. The third-order valence-corrected chi connectivity index (χ3v) is 4.65. The van der Waals surface area contributed by atoms with Crippen molar-refractivity contribution in [3.8, 4) is 0 Å². The Hall–Kier alpha value is -1.17.